The van der Waals surface area contributed by atoms with Gasteiger partial charge in [0.15, 0.2) is 6.61 Å². The lowest BCUT2D eigenvalue weighted by molar-refractivity contribution is -0.143. The van der Waals surface area contributed by atoms with E-state index in [-0.39, 0.29) is 31.0 Å². The fourth-order valence-electron chi connectivity index (χ4n) is 3.90. The highest BCUT2D eigenvalue weighted by molar-refractivity contribution is 6.30. The first-order chi connectivity index (χ1) is 16.7. The van der Waals surface area contributed by atoms with E-state index in [1.54, 1.807) is 17.0 Å². The maximum Gasteiger partial charge on any atom is 0.261 e. The maximum absolute atomic E-state index is 13.6. The first-order valence-corrected chi connectivity index (χ1v) is 12.2. The minimum Gasteiger partial charge on any atom is -0.483 e. The van der Waals surface area contributed by atoms with Crippen LogP contribution in [0, 0.1) is 13.8 Å². The largest absolute Gasteiger partial charge is 0.483 e. The van der Waals surface area contributed by atoms with Crippen LogP contribution in [-0.4, -0.2) is 35.4 Å². The summed E-state index contributed by atoms with van der Waals surface area (Å²) >= 11 is 6.07. The zero-order valence-corrected chi connectivity index (χ0v) is 21.5. The number of carbonyl (C=O) groups is 2. The predicted octanol–water partition coefficient (Wildman–Crippen LogP) is 5.50. The van der Waals surface area contributed by atoms with Crippen molar-refractivity contribution in [3.8, 4) is 5.75 Å². The highest BCUT2D eigenvalue weighted by Crippen LogP contribution is 2.20. The second-order valence-electron chi connectivity index (χ2n) is 9.07. The Labute approximate surface area is 213 Å². The van der Waals surface area contributed by atoms with Gasteiger partial charge in [0, 0.05) is 24.0 Å². The Hall–Kier alpha value is -3.31. The Kier molecular flexibility index (Phi) is 9.32. The summed E-state index contributed by atoms with van der Waals surface area (Å²) < 4.78 is 5.91. The molecule has 3 aromatic rings. The number of nitrogens with zero attached hydrogens (tertiary/aromatic N) is 1. The molecule has 0 radical (unpaired) electrons. The van der Waals surface area contributed by atoms with Crippen LogP contribution in [0.4, 0.5) is 0 Å². The Morgan fingerprint density at radius 3 is 2.26 bits per heavy atom. The molecule has 0 spiro atoms. The maximum atomic E-state index is 13.6. The summed E-state index contributed by atoms with van der Waals surface area (Å²) in [4.78, 5) is 28.5. The van der Waals surface area contributed by atoms with Crippen molar-refractivity contribution in [2.75, 3.05) is 6.61 Å². The van der Waals surface area contributed by atoms with Crippen LogP contribution in [-0.2, 0) is 22.6 Å². The molecule has 0 saturated carbocycles. The zero-order valence-electron chi connectivity index (χ0n) is 20.8. The molecule has 6 heteroatoms. The van der Waals surface area contributed by atoms with E-state index in [1.165, 1.54) is 0 Å². The van der Waals surface area contributed by atoms with Gasteiger partial charge in [0.25, 0.3) is 5.91 Å². The molecule has 35 heavy (non-hydrogen) atoms. The van der Waals surface area contributed by atoms with Crippen molar-refractivity contribution < 1.29 is 14.3 Å². The molecule has 0 unspecified atom stereocenters. The van der Waals surface area contributed by atoms with E-state index in [4.69, 9.17) is 16.3 Å². The van der Waals surface area contributed by atoms with Gasteiger partial charge in [-0.05, 0) is 62.6 Å². The minimum atomic E-state index is -0.703. The Bertz CT molecular complexity index is 1130. The van der Waals surface area contributed by atoms with Crippen LogP contribution in [0.5, 0.6) is 5.75 Å². The van der Waals surface area contributed by atoms with Crippen molar-refractivity contribution in [1.82, 2.24) is 10.2 Å². The number of hydrogen-bond acceptors (Lipinski definition) is 3. The average Bonchev–Trinajstić information content (AvgIpc) is 2.82. The number of halogens is 1. The monoisotopic (exact) mass is 492 g/mol. The molecule has 2 amide bonds. The number of amides is 2. The number of nitrogens with one attached hydrogen (secondary N) is 1. The number of carbonyl (C=O) groups excluding carboxylic acids is 2. The lowest BCUT2D eigenvalue weighted by Crippen LogP contribution is -2.52. The molecule has 0 saturated heterocycles. The van der Waals surface area contributed by atoms with Crippen LogP contribution < -0.4 is 10.1 Å². The van der Waals surface area contributed by atoms with Crippen molar-refractivity contribution in [1.29, 1.82) is 0 Å². The van der Waals surface area contributed by atoms with Gasteiger partial charge in [-0.25, -0.2) is 0 Å². The summed E-state index contributed by atoms with van der Waals surface area (Å²) in [5.41, 5.74) is 3.93. The van der Waals surface area contributed by atoms with E-state index < -0.39 is 6.04 Å². The number of benzene rings is 3. The summed E-state index contributed by atoms with van der Waals surface area (Å²) in [5.74, 6) is 0.194. The summed E-state index contributed by atoms with van der Waals surface area (Å²) in [7, 11) is 0. The molecular formula is C29H33ClN2O3. The summed E-state index contributed by atoms with van der Waals surface area (Å²) in [6, 6.07) is 22.1. The van der Waals surface area contributed by atoms with Crippen LogP contribution in [0.2, 0.25) is 5.02 Å². The fraction of sp³-hybridized carbons (Fsp3) is 0.310. The van der Waals surface area contributed by atoms with Gasteiger partial charge in [-0.15, -0.1) is 0 Å². The second kappa shape index (κ2) is 12.4. The van der Waals surface area contributed by atoms with Crippen LogP contribution in [0.1, 0.15) is 36.1 Å². The number of rotatable bonds is 10. The molecule has 0 aromatic heterocycles. The van der Waals surface area contributed by atoms with E-state index in [1.807, 2.05) is 88.4 Å². The van der Waals surface area contributed by atoms with Gasteiger partial charge >= 0.3 is 0 Å². The SMILES string of the molecule is Cc1ccc(OCC(=O)N(Cc2ccc(Cl)cc2)[C@@H](Cc2ccccc2)C(=O)NC(C)C)c(C)c1. The van der Waals surface area contributed by atoms with Crippen molar-refractivity contribution in [2.45, 2.75) is 52.7 Å². The zero-order chi connectivity index (χ0) is 25.4. The first-order valence-electron chi connectivity index (χ1n) is 11.8. The smallest absolute Gasteiger partial charge is 0.261 e. The van der Waals surface area contributed by atoms with E-state index in [2.05, 4.69) is 5.32 Å². The Morgan fingerprint density at radius 1 is 0.943 bits per heavy atom. The van der Waals surface area contributed by atoms with Crippen molar-refractivity contribution in [2.24, 2.45) is 0 Å². The molecular weight excluding hydrogens is 460 g/mol. The molecule has 3 rings (SSSR count). The average molecular weight is 493 g/mol. The van der Waals surface area contributed by atoms with E-state index in [9.17, 15) is 9.59 Å². The number of ether oxygens (including phenoxy) is 1. The normalized spacial score (nSPS) is 11.7. The Morgan fingerprint density at radius 2 is 1.63 bits per heavy atom. The van der Waals surface area contributed by atoms with Gasteiger partial charge in [0.05, 0.1) is 0 Å². The summed E-state index contributed by atoms with van der Waals surface area (Å²) in [6.07, 6.45) is 0.391. The molecule has 0 aliphatic carbocycles. The molecule has 0 fully saturated rings. The third-order valence-electron chi connectivity index (χ3n) is 5.65. The number of hydrogen-bond donors (Lipinski definition) is 1. The number of aryl methyl sites for hydroxylation is 2. The highest BCUT2D eigenvalue weighted by Gasteiger charge is 2.31. The van der Waals surface area contributed by atoms with Crippen LogP contribution >= 0.6 is 11.6 Å². The van der Waals surface area contributed by atoms with E-state index in [0.29, 0.717) is 17.2 Å². The van der Waals surface area contributed by atoms with Gasteiger partial charge in [0.1, 0.15) is 11.8 Å². The topological polar surface area (TPSA) is 58.6 Å². The molecule has 1 atom stereocenters. The highest BCUT2D eigenvalue weighted by atomic mass is 35.5. The van der Waals surface area contributed by atoms with Crippen molar-refractivity contribution >= 4 is 23.4 Å². The standard InChI is InChI=1S/C29H33ClN2O3/c1-20(2)31-29(34)26(17-23-8-6-5-7-9-23)32(18-24-11-13-25(30)14-12-24)28(33)19-35-27-15-10-21(3)16-22(27)4/h5-16,20,26H,17-19H2,1-4H3,(H,31,34)/t26-/m0/s1. The van der Waals surface area contributed by atoms with Crippen LogP contribution in [0.25, 0.3) is 0 Å². The third kappa shape index (κ3) is 7.86. The molecule has 5 nitrogen and oxygen atoms in total. The Balaban J connectivity index is 1.91. The van der Waals surface area contributed by atoms with E-state index in [0.717, 1.165) is 22.3 Å². The molecule has 0 aliphatic rings. The minimum absolute atomic E-state index is 0.0558. The molecule has 0 heterocycles. The van der Waals surface area contributed by atoms with Crippen LogP contribution in [0.3, 0.4) is 0 Å². The van der Waals surface area contributed by atoms with Gasteiger partial charge < -0.3 is 15.0 Å². The van der Waals surface area contributed by atoms with Gasteiger partial charge in [-0.2, -0.15) is 0 Å². The lowest BCUT2D eigenvalue weighted by atomic mass is 10.0. The summed E-state index contributed by atoms with van der Waals surface area (Å²) in [5, 5.41) is 3.60. The predicted molar refractivity (Wildman–Crippen MR) is 141 cm³/mol. The quantitative estimate of drug-likeness (QED) is 0.406. The molecule has 0 bridgehead atoms. The van der Waals surface area contributed by atoms with Crippen LogP contribution in [0.15, 0.2) is 72.8 Å². The molecule has 1 N–H and O–H groups in total. The van der Waals surface area contributed by atoms with Gasteiger partial charge in [0.2, 0.25) is 5.91 Å². The fourth-order valence-corrected chi connectivity index (χ4v) is 4.03. The first kappa shape index (κ1) is 26.3. The second-order valence-corrected chi connectivity index (χ2v) is 9.51. The van der Waals surface area contributed by atoms with Gasteiger partial charge in [-0.1, -0.05) is 71.8 Å². The molecule has 0 aliphatic heterocycles. The van der Waals surface area contributed by atoms with Gasteiger partial charge in [-0.3, -0.25) is 9.59 Å². The van der Waals surface area contributed by atoms with Crippen molar-refractivity contribution in [3.63, 3.8) is 0 Å². The molecule has 184 valence electrons. The lowest BCUT2D eigenvalue weighted by Gasteiger charge is -2.32. The molecule has 3 aromatic carbocycles. The van der Waals surface area contributed by atoms with E-state index >= 15 is 0 Å². The third-order valence-corrected chi connectivity index (χ3v) is 5.90. The summed E-state index contributed by atoms with van der Waals surface area (Å²) in [6.45, 7) is 7.87. The van der Waals surface area contributed by atoms with Crippen molar-refractivity contribution in [3.05, 3.63) is 100 Å².